The summed E-state index contributed by atoms with van der Waals surface area (Å²) in [6, 6.07) is 7.95. The molecule has 4 aromatic rings. The minimum Gasteiger partial charge on any atom is -0.493 e. The monoisotopic (exact) mass is 477 g/mol. The predicted octanol–water partition coefficient (Wildman–Crippen LogP) is 3.98. The fourth-order valence-corrected chi connectivity index (χ4v) is 4.58. The Morgan fingerprint density at radius 3 is 2.40 bits per heavy atom. The van der Waals surface area contributed by atoms with Crippen LogP contribution in [0.3, 0.4) is 0 Å². The zero-order chi connectivity index (χ0) is 24.4. The van der Waals surface area contributed by atoms with E-state index in [1.807, 2.05) is 34.3 Å². The maximum Gasteiger partial charge on any atom is 0.203 e. The molecule has 3 aromatic heterocycles. The zero-order valence-electron chi connectivity index (χ0n) is 20.6. The predicted molar refractivity (Wildman–Crippen MR) is 133 cm³/mol. The molecule has 0 aliphatic carbocycles. The van der Waals surface area contributed by atoms with Crippen molar-refractivity contribution in [2.45, 2.75) is 32.7 Å². The summed E-state index contributed by atoms with van der Waals surface area (Å²) in [6.45, 7) is 5.07. The van der Waals surface area contributed by atoms with E-state index >= 15 is 0 Å². The van der Waals surface area contributed by atoms with Crippen LogP contribution in [0.5, 0.6) is 17.2 Å². The van der Waals surface area contributed by atoms with E-state index in [1.165, 1.54) is 25.0 Å². The van der Waals surface area contributed by atoms with Crippen molar-refractivity contribution in [2.24, 2.45) is 0 Å². The fourth-order valence-electron chi connectivity index (χ4n) is 4.58. The highest BCUT2D eigenvalue weighted by Crippen LogP contribution is 2.39. The van der Waals surface area contributed by atoms with Crippen LogP contribution in [0.25, 0.3) is 11.2 Å². The molecule has 1 aliphatic heterocycles. The van der Waals surface area contributed by atoms with Gasteiger partial charge in [0.1, 0.15) is 23.5 Å². The van der Waals surface area contributed by atoms with E-state index in [-0.39, 0.29) is 0 Å². The molecule has 1 N–H and O–H groups in total. The number of hydrogen-bond acceptors (Lipinski definition) is 8. The summed E-state index contributed by atoms with van der Waals surface area (Å²) in [6.07, 6.45) is 7.47. The Labute approximate surface area is 204 Å². The number of methoxy groups -OCH3 is 3. The van der Waals surface area contributed by atoms with E-state index in [0.717, 1.165) is 36.7 Å². The first kappa shape index (κ1) is 23.0. The van der Waals surface area contributed by atoms with E-state index < -0.39 is 0 Å². The first-order valence-corrected chi connectivity index (χ1v) is 11.8. The van der Waals surface area contributed by atoms with Crippen molar-refractivity contribution in [1.29, 1.82) is 0 Å². The molecule has 5 rings (SSSR count). The SMILES string of the molecule is COc1cc(-n2cnc(Nc3nc(C)nn4c(CN5CCCCC5)ccc34)c2)cc(OC)c1OC. The van der Waals surface area contributed by atoms with Gasteiger partial charge in [0.2, 0.25) is 5.75 Å². The Morgan fingerprint density at radius 2 is 1.71 bits per heavy atom. The summed E-state index contributed by atoms with van der Waals surface area (Å²) in [5.41, 5.74) is 2.92. The van der Waals surface area contributed by atoms with Crippen LogP contribution in [0.15, 0.2) is 36.8 Å². The number of fused-ring (bicyclic) bond motifs is 1. The molecule has 4 heterocycles. The quantitative estimate of drug-likeness (QED) is 0.408. The Hall–Kier alpha value is -3.79. The third-order valence-corrected chi connectivity index (χ3v) is 6.31. The molecule has 1 aliphatic rings. The molecule has 35 heavy (non-hydrogen) atoms. The van der Waals surface area contributed by atoms with Crippen LogP contribution in [0, 0.1) is 6.92 Å². The van der Waals surface area contributed by atoms with Gasteiger partial charge < -0.3 is 24.1 Å². The minimum absolute atomic E-state index is 0.546. The number of hydrogen-bond donors (Lipinski definition) is 1. The topological polar surface area (TPSA) is 91.0 Å². The molecule has 0 atom stereocenters. The zero-order valence-corrected chi connectivity index (χ0v) is 20.6. The van der Waals surface area contributed by atoms with Crippen LogP contribution in [0.1, 0.15) is 30.8 Å². The second kappa shape index (κ2) is 9.83. The standard InChI is InChI=1S/C25H31N7O3/c1-17-27-25(20-9-8-18(32(20)29-17)14-30-10-6-5-7-11-30)28-23-15-31(16-26-23)19-12-21(33-2)24(35-4)22(13-19)34-3/h8-9,12-13,15-16H,5-7,10-11,14H2,1-4H3,(H,27,28,29). The molecule has 0 radical (unpaired) electrons. The molecule has 0 saturated carbocycles. The Morgan fingerprint density at radius 1 is 0.971 bits per heavy atom. The number of rotatable bonds is 8. The van der Waals surface area contributed by atoms with Crippen LogP contribution in [0.2, 0.25) is 0 Å². The maximum atomic E-state index is 5.48. The molecule has 0 spiro atoms. The molecule has 1 saturated heterocycles. The van der Waals surface area contributed by atoms with Crippen LogP contribution in [-0.4, -0.2) is 63.5 Å². The van der Waals surface area contributed by atoms with Gasteiger partial charge in [-0.05, 0) is 45.0 Å². The lowest BCUT2D eigenvalue weighted by Gasteiger charge is -2.26. The summed E-state index contributed by atoms with van der Waals surface area (Å²) in [7, 11) is 4.78. The summed E-state index contributed by atoms with van der Waals surface area (Å²) in [4.78, 5) is 11.7. The van der Waals surface area contributed by atoms with Crippen LogP contribution in [0.4, 0.5) is 11.6 Å². The molecular formula is C25H31N7O3. The lowest BCUT2D eigenvalue weighted by Crippen LogP contribution is -2.29. The number of likely N-dealkylation sites (tertiary alicyclic amines) is 1. The summed E-state index contributed by atoms with van der Waals surface area (Å²) in [5.74, 6) is 3.78. The van der Waals surface area contributed by atoms with Crippen LogP contribution >= 0.6 is 0 Å². The summed E-state index contributed by atoms with van der Waals surface area (Å²) < 4.78 is 20.3. The third-order valence-electron chi connectivity index (χ3n) is 6.31. The smallest absolute Gasteiger partial charge is 0.203 e. The van der Waals surface area contributed by atoms with Gasteiger partial charge in [0.15, 0.2) is 17.3 Å². The highest BCUT2D eigenvalue weighted by atomic mass is 16.5. The molecule has 0 bridgehead atoms. The largest absolute Gasteiger partial charge is 0.493 e. The average molecular weight is 478 g/mol. The summed E-state index contributed by atoms with van der Waals surface area (Å²) >= 11 is 0. The van der Waals surface area contributed by atoms with Crippen molar-refractivity contribution < 1.29 is 14.2 Å². The van der Waals surface area contributed by atoms with E-state index in [2.05, 4.69) is 37.4 Å². The van der Waals surface area contributed by atoms with E-state index in [0.29, 0.717) is 28.9 Å². The van der Waals surface area contributed by atoms with Crippen molar-refractivity contribution in [3.05, 3.63) is 48.3 Å². The molecule has 10 heteroatoms. The number of piperidine rings is 1. The lowest BCUT2D eigenvalue weighted by molar-refractivity contribution is 0.217. The van der Waals surface area contributed by atoms with Crippen molar-refractivity contribution in [3.8, 4) is 22.9 Å². The minimum atomic E-state index is 0.546. The molecule has 1 aromatic carbocycles. The highest BCUT2D eigenvalue weighted by Gasteiger charge is 2.17. The van der Waals surface area contributed by atoms with E-state index in [1.54, 1.807) is 27.7 Å². The first-order chi connectivity index (χ1) is 17.1. The second-order valence-corrected chi connectivity index (χ2v) is 8.64. The van der Waals surface area contributed by atoms with Gasteiger partial charge in [0.05, 0.1) is 38.9 Å². The Kier molecular flexibility index (Phi) is 6.45. The average Bonchev–Trinajstić information content (AvgIpc) is 3.51. The number of benzene rings is 1. The number of imidazole rings is 1. The molecule has 1 fully saturated rings. The number of aromatic nitrogens is 5. The van der Waals surface area contributed by atoms with E-state index in [9.17, 15) is 0 Å². The van der Waals surface area contributed by atoms with Gasteiger partial charge in [-0.25, -0.2) is 14.5 Å². The van der Waals surface area contributed by atoms with Gasteiger partial charge in [0, 0.05) is 18.7 Å². The van der Waals surface area contributed by atoms with Crippen molar-refractivity contribution in [3.63, 3.8) is 0 Å². The van der Waals surface area contributed by atoms with Gasteiger partial charge >= 0.3 is 0 Å². The molecule has 10 nitrogen and oxygen atoms in total. The van der Waals surface area contributed by atoms with Crippen molar-refractivity contribution in [1.82, 2.24) is 29.0 Å². The van der Waals surface area contributed by atoms with Gasteiger partial charge in [-0.15, -0.1) is 0 Å². The lowest BCUT2D eigenvalue weighted by atomic mass is 10.1. The maximum absolute atomic E-state index is 5.48. The van der Waals surface area contributed by atoms with Gasteiger partial charge in [-0.2, -0.15) is 5.10 Å². The first-order valence-electron chi connectivity index (χ1n) is 11.8. The Balaban J connectivity index is 1.42. The molecular weight excluding hydrogens is 446 g/mol. The molecule has 0 unspecified atom stereocenters. The summed E-state index contributed by atoms with van der Waals surface area (Å²) in [5, 5.41) is 8.05. The molecule has 0 amide bonds. The van der Waals surface area contributed by atoms with Crippen molar-refractivity contribution >= 4 is 17.2 Å². The van der Waals surface area contributed by atoms with Crippen molar-refractivity contribution in [2.75, 3.05) is 39.7 Å². The van der Waals surface area contributed by atoms with Gasteiger partial charge in [-0.3, -0.25) is 4.90 Å². The van der Waals surface area contributed by atoms with Gasteiger partial charge in [0.25, 0.3) is 0 Å². The number of ether oxygens (including phenoxy) is 3. The third kappa shape index (κ3) is 4.61. The van der Waals surface area contributed by atoms with Gasteiger partial charge in [-0.1, -0.05) is 6.42 Å². The van der Waals surface area contributed by atoms with Crippen LogP contribution in [-0.2, 0) is 6.54 Å². The van der Waals surface area contributed by atoms with Crippen LogP contribution < -0.4 is 19.5 Å². The number of anilines is 2. The normalized spacial score (nSPS) is 14.3. The number of aryl methyl sites for hydroxylation is 1. The fraction of sp³-hybridized carbons (Fsp3) is 0.400. The molecule has 184 valence electrons. The number of nitrogens with zero attached hydrogens (tertiary/aromatic N) is 6. The number of nitrogens with one attached hydrogen (secondary N) is 1. The second-order valence-electron chi connectivity index (χ2n) is 8.64. The van der Waals surface area contributed by atoms with E-state index in [4.69, 9.17) is 14.2 Å². The Bertz CT molecular complexity index is 1300. The highest BCUT2D eigenvalue weighted by molar-refractivity contribution is 5.72.